The fraction of sp³-hybridized carbons (Fsp3) is 0.444. The van der Waals surface area contributed by atoms with Crippen molar-refractivity contribution in [3.8, 4) is 22.3 Å². The molecule has 0 unspecified atom stereocenters. The van der Waals surface area contributed by atoms with E-state index in [0.29, 0.717) is 10.8 Å². The average molecular weight is 907 g/mol. The summed E-state index contributed by atoms with van der Waals surface area (Å²) < 4.78 is 0. The van der Waals surface area contributed by atoms with Gasteiger partial charge in [0.2, 0.25) is 0 Å². The van der Waals surface area contributed by atoms with Crippen LogP contribution in [0.3, 0.4) is 0 Å². The van der Waals surface area contributed by atoms with Gasteiger partial charge in [-0.1, -0.05) is 151 Å². The van der Waals surface area contributed by atoms with Crippen LogP contribution >= 0.6 is 0 Å². The molecule has 58 heavy (non-hydrogen) atoms. The first-order valence-electron chi connectivity index (χ1n) is 22.1. The normalized spacial score (nSPS) is 16.0. The third-order valence-electron chi connectivity index (χ3n) is 12.9. The Kier molecular flexibility index (Phi) is 19.3. The Morgan fingerprint density at radius 3 is 1.16 bits per heavy atom. The molecule has 0 saturated heterocycles. The zero-order valence-corrected chi connectivity index (χ0v) is 41.4. The summed E-state index contributed by atoms with van der Waals surface area (Å²) in [7, 11) is 0. The number of hydrogen-bond donors (Lipinski definition) is 0. The first-order valence-corrected chi connectivity index (χ1v) is 28.3. The monoisotopic (exact) mass is 904 g/mol. The van der Waals surface area contributed by atoms with Crippen LogP contribution in [0.2, 0.25) is 13.1 Å². The van der Waals surface area contributed by atoms with Gasteiger partial charge in [0.15, 0.2) is 0 Å². The molecule has 0 spiro atoms. The molecular weight excluding hydrogens is 839 g/mol. The van der Waals surface area contributed by atoms with Gasteiger partial charge in [-0.3, -0.25) is 0 Å². The fourth-order valence-electron chi connectivity index (χ4n) is 9.64. The van der Waals surface area contributed by atoms with Gasteiger partial charge in [-0.25, -0.2) is 0 Å². The van der Waals surface area contributed by atoms with E-state index in [2.05, 4.69) is 150 Å². The maximum absolute atomic E-state index is 2.51. The zero-order chi connectivity index (χ0) is 39.5. The molecule has 0 N–H and O–H groups in total. The molecule has 308 valence electrons. The largest absolute Gasteiger partial charge is 1.00 e. The quantitative estimate of drug-likeness (QED) is 0.0811. The summed E-state index contributed by atoms with van der Waals surface area (Å²) in [6, 6.07) is 41.6. The topological polar surface area (TPSA) is 0 Å². The van der Waals surface area contributed by atoms with Crippen LogP contribution in [-0.4, -0.2) is 5.43 Å². The summed E-state index contributed by atoms with van der Waals surface area (Å²) in [6.45, 7) is 14.1. The van der Waals surface area contributed by atoms with Crippen molar-refractivity contribution in [2.24, 2.45) is 10.8 Å². The smallest absolute Gasteiger partial charge is 1.00 e. The summed E-state index contributed by atoms with van der Waals surface area (Å²) in [5.74, 6) is 0. The Morgan fingerprint density at radius 2 is 0.845 bits per heavy atom. The SMILES string of the molecule is CCc1ccc(-c2cccc3[cH-]c(CC4(C)CCCCCC4)cc23)cc1.CCc1ccc(-c2cccc3[cH-]c(CC4(C)CCCCCC4)cc23)cc1.C[Si](C)=[Zr+2].[Cl-].[Cl-]. The predicted octanol–water partition coefficient (Wildman–Crippen LogP) is 10.2. The van der Waals surface area contributed by atoms with Crippen LogP contribution in [0.1, 0.15) is 127 Å². The van der Waals surface area contributed by atoms with E-state index in [-0.39, 0.29) is 30.2 Å². The van der Waals surface area contributed by atoms with Gasteiger partial charge in [-0.05, 0) is 84.5 Å². The van der Waals surface area contributed by atoms with Crippen LogP contribution in [0.25, 0.3) is 43.8 Å². The predicted molar refractivity (Wildman–Crippen MR) is 245 cm³/mol. The van der Waals surface area contributed by atoms with Crippen molar-refractivity contribution in [3.05, 3.63) is 131 Å². The molecule has 0 aliphatic heterocycles. The van der Waals surface area contributed by atoms with Crippen LogP contribution in [0, 0.1) is 10.8 Å². The average Bonchev–Trinajstić information content (AvgIpc) is 3.64. The summed E-state index contributed by atoms with van der Waals surface area (Å²) in [5.41, 5.74) is 12.5. The van der Waals surface area contributed by atoms with Gasteiger partial charge in [-0.15, -0.1) is 69.1 Å². The molecule has 2 aliphatic rings. The van der Waals surface area contributed by atoms with Gasteiger partial charge >= 0.3 is 41.9 Å². The van der Waals surface area contributed by atoms with E-state index < -0.39 is 0 Å². The van der Waals surface area contributed by atoms with E-state index in [4.69, 9.17) is 0 Å². The van der Waals surface area contributed by atoms with Crippen LogP contribution in [0.15, 0.2) is 109 Å². The third kappa shape index (κ3) is 13.4. The number of halogens is 2. The first-order chi connectivity index (χ1) is 27.1. The minimum atomic E-state index is 0. The van der Waals surface area contributed by atoms with Crippen molar-refractivity contribution < 1.29 is 48.1 Å². The number of benzene rings is 4. The molecule has 2 aliphatic carbocycles. The molecule has 4 heteroatoms. The molecule has 0 aromatic heterocycles. The molecular formula is C54H68Cl2SiZr-2. The van der Waals surface area contributed by atoms with Crippen LogP contribution < -0.4 is 24.8 Å². The number of fused-ring (bicyclic) bond motifs is 2. The summed E-state index contributed by atoms with van der Waals surface area (Å²) in [4.78, 5) is 0. The third-order valence-corrected chi connectivity index (χ3v) is 12.9. The van der Waals surface area contributed by atoms with E-state index in [0.717, 1.165) is 12.8 Å². The van der Waals surface area contributed by atoms with E-state index in [1.54, 1.807) is 23.3 Å². The second-order valence-electron chi connectivity index (χ2n) is 18.2. The van der Waals surface area contributed by atoms with Crippen molar-refractivity contribution in [1.82, 2.24) is 0 Å². The minimum absolute atomic E-state index is 0. The molecule has 0 nitrogen and oxygen atoms in total. The van der Waals surface area contributed by atoms with Crippen molar-refractivity contribution in [3.63, 3.8) is 0 Å². The van der Waals surface area contributed by atoms with Crippen LogP contribution in [0.5, 0.6) is 0 Å². The maximum Gasteiger partial charge on any atom is -1.00 e. The van der Waals surface area contributed by atoms with E-state index >= 15 is 0 Å². The van der Waals surface area contributed by atoms with Crippen molar-refractivity contribution in [1.29, 1.82) is 0 Å². The summed E-state index contributed by atoms with van der Waals surface area (Å²) in [5, 5.41) is 5.64. The molecule has 0 radical (unpaired) electrons. The van der Waals surface area contributed by atoms with E-state index in [1.165, 1.54) is 156 Å². The molecule has 8 rings (SSSR count). The molecule has 0 amide bonds. The Balaban J connectivity index is 0.000000228. The minimum Gasteiger partial charge on any atom is -1.00 e. The van der Waals surface area contributed by atoms with Gasteiger partial charge < -0.3 is 24.8 Å². The Morgan fingerprint density at radius 1 is 0.517 bits per heavy atom. The van der Waals surface area contributed by atoms with Gasteiger partial charge in [0.25, 0.3) is 0 Å². The number of hydrogen-bond acceptors (Lipinski definition) is 0. The van der Waals surface area contributed by atoms with Crippen molar-refractivity contribution in [2.75, 3.05) is 0 Å². The van der Waals surface area contributed by atoms with Gasteiger partial charge in [-0.2, -0.15) is 12.1 Å². The van der Waals surface area contributed by atoms with Gasteiger partial charge in [0.1, 0.15) is 0 Å². The molecule has 6 aromatic carbocycles. The van der Waals surface area contributed by atoms with Crippen molar-refractivity contribution in [2.45, 2.75) is 144 Å². The standard InChI is InChI=1S/2C26H31.C2H6Si.2ClH.Zr/c2*1-3-20-11-13-22(14-12-20)24-10-8-9-23-17-21(18-25(23)24)19-26(2)15-6-4-5-7-16-26;1-3-2;;;/h2*8-14,17-18H,3-7,15-16,19H2,1-2H3;1-2H3;2*1H;/q2*-1;;;;+2/p-2. The second kappa shape index (κ2) is 23.1. The molecule has 0 atom stereocenters. The van der Waals surface area contributed by atoms with Gasteiger partial charge in [0.05, 0.1) is 0 Å². The molecule has 2 fully saturated rings. The maximum atomic E-state index is 2.51. The van der Waals surface area contributed by atoms with E-state index in [9.17, 15) is 0 Å². The Bertz CT molecular complexity index is 1980. The Hall–Kier alpha value is -2.22. The molecule has 2 saturated carbocycles. The number of rotatable bonds is 8. The fourth-order valence-corrected chi connectivity index (χ4v) is 9.64. The number of aryl methyl sites for hydroxylation is 2. The molecule has 0 bridgehead atoms. The molecule has 0 heterocycles. The first kappa shape index (κ1) is 48.4. The van der Waals surface area contributed by atoms with Gasteiger partial charge in [0, 0.05) is 0 Å². The van der Waals surface area contributed by atoms with Crippen molar-refractivity contribution >= 4 is 27.0 Å². The summed E-state index contributed by atoms with van der Waals surface area (Å²) in [6.07, 6.45) is 21.6. The summed E-state index contributed by atoms with van der Waals surface area (Å²) >= 11 is 1.74. The van der Waals surface area contributed by atoms with Crippen LogP contribution in [0.4, 0.5) is 0 Å². The molecule has 6 aromatic rings. The van der Waals surface area contributed by atoms with Crippen LogP contribution in [-0.2, 0) is 49.0 Å². The zero-order valence-electron chi connectivity index (χ0n) is 36.5. The second-order valence-corrected chi connectivity index (χ2v) is 27.6. The Labute approximate surface area is 380 Å². The van der Waals surface area contributed by atoms with E-state index in [1.807, 2.05) is 0 Å².